The lowest BCUT2D eigenvalue weighted by atomic mass is 9.99. The van der Waals surface area contributed by atoms with Crippen LogP contribution in [-0.4, -0.2) is 30.1 Å². The summed E-state index contributed by atoms with van der Waals surface area (Å²) in [4.78, 5) is 25.1. The Morgan fingerprint density at radius 2 is 1.61 bits per heavy atom. The van der Waals surface area contributed by atoms with Crippen molar-refractivity contribution in [2.45, 2.75) is 12.5 Å². The molecule has 0 heterocycles. The van der Waals surface area contributed by atoms with Gasteiger partial charge in [0.15, 0.2) is 0 Å². The van der Waals surface area contributed by atoms with Crippen molar-refractivity contribution in [3.05, 3.63) is 113 Å². The van der Waals surface area contributed by atoms with Gasteiger partial charge in [-0.15, -0.1) is 0 Å². The van der Waals surface area contributed by atoms with Crippen molar-refractivity contribution in [3.8, 4) is 28.4 Å². The lowest BCUT2D eigenvalue weighted by Gasteiger charge is -2.17. The number of rotatable bonds is 8. The smallest absolute Gasteiger partial charge is 0.328 e. The van der Waals surface area contributed by atoms with Crippen LogP contribution in [0, 0.1) is 0 Å². The number of phenolic OH excluding ortho intramolecular Hbond substituents is 1. The number of aromatic hydroxyl groups is 1. The Morgan fingerprint density at radius 1 is 0.917 bits per heavy atom. The predicted molar refractivity (Wildman–Crippen MR) is 138 cm³/mol. The van der Waals surface area contributed by atoms with Gasteiger partial charge in [-0.05, 0) is 47.5 Å². The van der Waals surface area contributed by atoms with Crippen molar-refractivity contribution >= 4 is 23.5 Å². The number of carbonyl (C=O) groups excluding carboxylic acids is 2. The molecule has 0 aromatic heterocycles. The van der Waals surface area contributed by atoms with Gasteiger partial charge in [0.05, 0.1) is 12.7 Å². The molecular weight excluding hydrogens is 478 g/mol. The average molecular weight is 502 g/mol. The van der Waals surface area contributed by atoms with E-state index >= 15 is 0 Å². The van der Waals surface area contributed by atoms with E-state index in [0.717, 1.165) is 28.2 Å². The molecule has 4 rings (SSSR count). The van der Waals surface area contributed by atoms with E-state index in [4.69, 9.17) is 21.1 Å². The zero-order chi connectivity index (χ0) is 25.5. The molecule has 0 radical (unpaired) electrons. The second kappa shape index (κ2) is 11.4. The van der Waals surface area contributed by atoms with Crippen LogP contribution in [0.4, 0.5) is 0 Å². The highest BCUT2D eigenvalue weighted by Gasteiger charge is 2.24. The largest absolute Gasteiger partial charge is 0.507 e. The number of methoxy groups -OCH3 is 1. The maximum atomic E-state index is 12.7. The number of phenols is 1. The van der Waals surface area contributed by atoms with E-state index < -0.39 is 17.9 Å². The third-order valence-corrected chi connectivity index (χ3v) is 5.79. The van der Waals surface area contributed by atoms with E-state index in [-0.39, 0.29) is 17.7 Å². The maximum absolute atomic E-state index is 12.7. The summed E-state index contributed by atoms with van der Waals surface area (Å²) in [5.74, 6) is -0.00716. The fraction of sp³-hybridized carbons (Fsp3) is 0.103. The topological polar surface area (TPSA) is 84.9 Å². The zero-order valence-electron chi connectivity index (χ0n) is 19.5. The summed E-state index contributed by atoms with van der Waals surface area (Å²) in [5, 5.41) is 12.9. The highest BCUT2D eigenvalue weighted by molar-refractivity contribution is 6.31. The van der Waals surface area contributed by atoms with Gasteiger partial charge in [0.1, 0.15) is 23.3 Å². The molecule has 1 amide bonds. The van der Waals surface area contributed by atoms with Crippen molar-refractivity contribution in [1.29, 1.82) is 0 Å². The second-order valence-corrected chi connectivity index (χ2v) is 8.46. The number of esters is 1. The number of hydrogen-bond acceptors (Lipinski definition) is 5. The molecule has 0 fully saturated rings. The fourth-order valence-corrected chi connectivity index (χ4v) is 3.90. The molecule has 4 aromatic carbocycles. The molecular formula is C29H24ClNO5. The Labute approximate surface area is 214 Å². The van der Waals surface area contributed by atoms with Crippen LogP contribution in [0.1, 0.15) is 15.9 Å². The van der Waals surface area contributed by atoms with E-state index in [1.165, 1.54) is 25.3 Å². The summed E-state index contributed by atoms with van der Waals surface area (Å²) >= 11 is 5.95. The summed E-state index contributed by atoms with van der Waals surface area (Å²) in [7, 11) is 1.26. The average Bonchev–Trinajstić information content (AvgIpc) is 2.90. The normalized spacial score (nSPS) is 11.4. The van der Waals surface area contributed by atoms with Crippen LogP contribution in [0.15, 0.2) is 97.1 Å². The molecule has 0 aliphatic heterocycles. The van der Waals surface area contributed by atoms with Crippen molar-refractivity contribution in [1.82, 2.24) is 5.32 Å². The first-order valence-corrected chi connectivity index (χ1v) is 11.6. The van der Waals surface area contributed by atoms with Crippen LogP contribution in [0.25, 0.3) is 11.1 Å². The van der Waals surface area contributed by atoms with Crippen LogP contribution >= 0.6 is 11.6 Å². The standard InChI is InChI=1S/C29H24ClNO5/c1-35-29(34)25(31-28(33)24-18-21(30)15-16-26(24)32)17-19-11-13-20(14-12-19)23-9-5-6-10-27(23)36-22-7-3-2-4-8-22/h2-16,18,25,32H,17H2,1H3,(H,31,33). The van der Waals surface area contributed by atoms with Gasteiger partial charge in [-0.1, -0.05) is 72.3 Å². The number of amides is 1. The van der Waals surface area contributed by atoms with Crippen LogP contribution < -0.4 is 10.1 Å². The molecule has 0 saturated carbocycles. The van der Waals surface area contributed by atoms with Crippen LogP contribution in [0.5, 0.6) is 17.2 Å². The molecule has 0 aliphatic carbocycles. The number of halogens is 1. The minimum Gasteiger partial charge on any atom is -0.507 e. The molecule has 1 unspecified atom stereocenters. The molecule has 0 saturated heterocycles. The van der Waals surface area contributed by atoms with E-state index in [1.807, 2.05) is 78.9 Å². The predicted octanol–water partition coefficient (Wildman–Crippen LogP) is 6.02. The van der Waals surface area contributed by atoms with Gasteiger partial charge in [0.25, 0.3) is 5.91 Å². The van der Waals surface area contributed by atoms with Gasteiger partial charge in [0.2, 0.25) is 0 Å². The molecule has 4 aromatic rings. The molecule has 182 valence electrons. The highest BCUT2D eigenvalue weighted by Crippen LogP contribution is 2.33. The van der Waals surface area contributed by atoms with E-state index in [9.17, 15) is 14.7 Å². The fourth-order valence-electron chi connectivity index (χ4n) is 3.73. The van der Waals surface area contributed by atoms with E-state index in [2.05, 4.69) is 5.32 Å². The Hall–Kier alpha value is -4.29. The molecule has 6 nitrogen and oxygen atoms in total. The second-order valence-electron chi connectivity index (χ2n) is 8.02. The summed E-state index contributed by atoms with van der Waals surface area (Å²) < 4.78 is 11.0. The minimum atomic E-state index is -0.958. The number of benzene rings is 4. The van der Waals surface area contributed by atoms with Crippen molar-refractivity contribution < 1.29 is 24.2 Å². The van der Waals surface area contributed by atoms with Gasteiger partial charge in [0, 0.05) is 17.0 Å². The third-order valence-electron chi connectivity index (χ3n) is 5.56. The Morgan fingerprint density at radius 3 is 2.33 bits per heavy atom. The maximum Gasteiger partial charge on any atom is 0.328 e. The lowest BCUT2D eigenvalue weighted by Crippen LogP contribution is -2.43. The number of hydrogen-bond donors (Lipinski definition) is 2. The summed E-state index contributed by atoms with van der Waals surface area (Å²) in [5.41, 5.74) is 2.64. The molecule has 0 bridgehead atoms. The monoisotopic (exact) mass is 501 g/mol. The number of ether oxygens (including phenoxy) is 2. The Kier molecular flexibility index (Phi) is 7.88. The Bertz CT molecular complexity index is 1360. The minimum absolute atomic E-state index is 0.0261. The number of carbonyl (C=O) groups is 2. The van der Waals surface area contributed by atoms with Crippen molar-refractivity contribution in [2.75, 3.05) is 7.11 Å². The summed E-state index contributed by atoms with van der Waals surface area (Å²) in [6.07, 6.45) is 0.197. The van der Waals surface area contributed by atoms with Crippen molar-refractivity contribution in [3.63, 3.8) is 0 Å². The summed E-state index contributed by atoms with van der Waals surface area (Å²) in [6.45, 7) is 0. The third kappa shape index (κ3) is 6.03. The van der Waals surface area contributed by atoms with Gasteiger partial charge in [-0.25, -0.2) is 4.79 Å². The molecule has 0 aliphatic rings. The molecule has 36 heavy (non-hydrogen) atoms. The first-order chi connectivity index (χ1) is 17.4. The first kappa shape index (κ1) is 24.8. The van der Waals surface area contributed by atoms with Crippen molar-refractivity contribution in [2.24, 2.45) is 0 Å². The highest BCUT2D eigenvalue weighted by atomic mass is 35.5. The van der Waals surface area contributed by atoms with Crippen LogP contribution in [0.3, 0.4) is 0 Å². The van der Waals surface area contributed by atoms with Gasteiger partial charge < -0.3 is 19.9 Å². The SMILES string of the molecule is COC(=O)C(Cc1ccc(-c2ccccc2Oc2ccccc2)cc1)NC(=O)c1cc(Cl)ccc1O. The van der Waals surface area contributed by atoms with E-state index in [0.29, 0.717) is 5.02 Å². The number of nitrogens with one attached hydrogen (secondary N) is 1. The quantitative estimate of drug-likeness (QED) is 0.288. The van der Waals surface area contributed by atoms with Gasteiger partial charge in [-0.3, -0.25) is 4.79 Å². The van der Waals surface area contributed by atoms with Crippen LogP contribution in [0.2, 0.25) is 5.02 Å². The van der Waals surface area contributed by atoms with E-state index in [1.54, 1.807) is 0 Å². The summed E-state index contributed by atoms with van der Waals surface area (Å²) in [6, 6.07) is 28.1. The molecule has 1 atom stereocenters. The zero-order valence-corrected chi connectivity index (χ0v) is 20.2. The van der Waals surface area contributed by atoms with Crippen LogP contribution in [-0.2, 0) is 16.0 Å². The molecule has 0 spiro atoms. The Balaban J connectivity index is 1.52. The lowest BCUT2D eigenvalue weighted by molar-refractivity contribution is -0.142. The van der Waals surface area contributed by atoms with Gasteiger partial charge in [-0.2, -0.15) is 0 Å². The van der Waals surface area contributed by atoms with Gasteiger partial charge >= 0.3 is 5.97 Å². The molecule has 2 N–H and O–H groups in total. The molecule has 7 heteroatoms. The number of para-hydroxylation sites is 2. The first-order valence-electron chi connectivity index (χ1n) is 11.2.